The van der Waals surface area contributed by atoms with Crippen molar-refractivity contribution in [1.29, 1.82) is 0 Å². The van der Waals surface area contributed by atoms with Gasteiger partial charge in [0.05, 0.1) is 12.7 Å². The number of rotatable bonds is 6. The lowest BCUT2D eigenvalue weighted by atomic mass is 9.88. The van der Waals surface area contributed by atoms with Crippen molar-refractivity contribution in [3.8, 4) is 0 Å². The summed E-state index contributed by atoms with van der Waals surface area (Å²) < 4.78 is 18.2. The maximum Gasteiger partial charge on any atom is 0.221 e. The summed E-state index contributed by atoms with van der Waals surface area (Å²) in [7, 11) is 0. The molecule has 0 saturated heterocycles. The van der Waals surface area contributed by atoms with E-state index in [1.54, 1.807) is 18.2 Å². The first-order valence-corrected chi connectivity index (χ1v) is 7.69. The third kappa shape index (κ3) is 4.07. The Kier molecular flexibility index (Phi) is 5.01. The lowest BCUT2D eigenvalue weighted by Crippen LogP contribution is -2.24. The van der Waals surface area contributed by atoms with Crippen LogP contribution < -0.4 is 5.32 Å². The lowest BCUT2D eigenvalue weighted by Gasteiger charge is -2.17. The SMILES string of the molecule is O=C(C[C@@H](c1ccccc1)c1ccc(F)cc1)NCc1ccno1. The highest BCUT2D eigenvalue weighted by molar-refractivity contribution is 5.77. The summed E-state index contributed by atoms with van der Waals surface area (Å²) in [6.45, 7) is 0.295. The number of nitrogens with zero attached hydrogens (tertiary/aromatic N) is 1. The molecule has 1 heterocycles. The molecule has 5 heteroatoms. The zero-order chi connectivity index (χ0) is 16.8. The van der Waals surface area contributed by atoms with Crippen molar-refractivity contribution in [3.05, 3.63) is 89.6 Å². The van der Waals surface area contributed by atoms with E-state index in [1.165, 1.54) is 18.3 Å². The summed E-state index contributed by atoms with van der Waals surface area (Å²) >= 11 is 0. The predicted octanol–water partition coefficient (Wildman–Crippen LogP) is 3.65. The van der Waals surface area contributed by atoms with Gasteiger partial charge in [-0.3, -0.25) is 4.79 Å². The third-order valence-electron chi connectivity index (χ3n) is 3.81. The van der Waals surface area contributed by atoms with Crippen LogP contribution in [-0.2, 0) is 11.3 Å². The van der Waals surface area contributed by atoms with Crippen molar-refractivity contribution in [2.75, 3.05) is 0 Å². The van der Waals surface area contributed by atoms with E-state index >= 15 is 0 Å². The van der Waals surface area contributed by atoms with E-state index in [0.717, 1.165) is 11.1 Å². The van der Waals surface area contributed by atoms with Crippen LogP contribution in [0.15, 0.2) is 71.4 Å². The smallest absolute Gasteiger partial charge is 0.221 e. The highest BCUT2D eigenvalue weighted by Gasteiger charge is 2.18. The Balaban J connectivity index is 1.74. The summed E-state index contributed by atoms with van der Waals surface area (Å²) in [5.74, 6) is 0.0628. The number of nitrogens with one attached hydrogen (secondary N) is 1. The second-order valence-corrected chi connectivity index (χ2v) is 5.47. The molecule has 0 saturated carbocycles. The topological polar surface area (TPSA) is 55.1 Å². The van der Waals surface area contributed by atoms with E-state index in [4.69, 9.17) is 4.52 Å². The molecule has 0 unspecified atom stereocenters. The summed E-state index contributed by atoms with van der Waals surface area (Å²) in [5.41, 5.74) is 1.91. The van der Waals surface area contributed by atoms with Crippen LogP contribution in [0.3, 0.4) is 0 Å². The molecule has 0 aliphatic rings. The van der Waals surface area contributed by atoms with Crippen LogP contribution in [0.1, 0.15) is 29.2 Å². The molecule has 0 fully saturated rings. The molecule has 1 aromatic heterocycles. The standard InChI is InChI=1S/C19H17FN2O2/c20-16-8-6-15(7-9-16)18(14-4-2-1-3-5-14)12-19(23)21-13-17-10-11-22-24-17/h1-11,18H,12-13H2,(H,21,23)/t18-/m0/s1. The normalized spacial score (nSPS) is 11.9. The Morgan fingerprint density at radius 3 is 2.42 bits per heavy atom. The summed E-state index contributed by atoms with van der Waals surface area (Å²) in [4.78, 5) is 12.3. The summed E-state index contributed by atoms with van der Waals surface area (Å²) in [6.07, 6.45) is 1.80. The van der Waals surface area contributed by atoms with Gasteiger partial charge in [-0.15, -0.1) is 0 Å². The maximum absolute atomic E-state index is 13.2. The van der Waals surface area contributed by atoms with Gasteiger partial charge in [0.2, 0.25) is 5.91 Å². The van der Waals surface area contributed by atoms with Gasteiger partial charge in [-0.1, -0.05) is 47.6 Å². The van der Waals surface area contributed by atoms with Gasteiger partial charge in [0.1, 0.15) is 5.82 Å². The minimum Gasteiger partial charge on any atom is -0.360 e. The molecule has 1 N–H and O–H groups in total. The first-order chi connectivity index (χ1) is 11.7. The van der Waals surface area contributed by atoms with Crippen LogP contribution in [-0.4, -0.2) is 11.1 Å². The quantitative estimate of drug-likeness (QED) is 0.753. The van der Waals surface area contributed by atoms with Crippen molar-refractivity contribution in [2.45, 2.75) is 18.9 Å². The fourth-order valence-electron chi connectivity index (χ4n) is 2.59. The van der Waals surface area contributed by atoms with E-state index in [0.29, 0.717) is 12.3 Å². The van der Waals surface area contributed by atoms with Crippen molar-refractivity contribution in [1.82, 2.24) is 10.5 Å². The second-order valence-electron chi connectivity index (χ2n) is 5.47. The van der Waals surface area contributed by atoms with Gasteiger partial charge in [-0.2, -0.15) is 0 Å². The predicted molar refractivity (Wildman–Crippen MR) is 87.7 cm³/mol. The third-order valence-corrected chi connectivity index (χ3v) is 3.81. The number of carbonyl (C=O) groups is 1. The first kappa shape index (κ1) is 15.9. The largest absolute Gasteiger partial charge is 0.360 e. The van der Waals surface area contributed by atoms with Crippen molar-refractivity contribution in [2.24, 2.45) is 0 Å². The number of benzene rings is 2. The van der Waals surface area contributed by atoms with Crippen molar-refractivity contribution in [3.63, 3.8) is 0 Å². The molecule has 0 aliphatic carbocycles. The van der Waals surface area contributed by atoms with E-state index in [2.05, 4.69) is 10.5 Å². The molecular weight excluding hydrogens is 307 g/mol. The van der Waals surface area contributed by atoms with E-state index in [1.807, 2.05) is 30.3 Å². The minimum atomic E-state index is -0.291. The highest BCUT2D eigenvalue weighted by atomic mass is 19.1. The van der Waals surface area contributed by atoms with Crippen LogP contribution in [0.25, 0.3) is 0 Å². The molecule has 1 amide bonds. The Labute approximate surface area is 139 Å². The number of hydrogen-bond donors (Lipinski definition) is 1. The van der Waals surface area contributed by atoms with Crippen molar-refractivity contribution < 1.29 is 13.7 Å². The Bertz CT molecular complexity index is 771. The average Bonchev–Trinajstić information content (AvgIpc) is 3.13. The number of carbonyl (C=O) groups excluding carboxylic acids is 1. The van der Waals surface area contributed by atoms with Gasteiger partial charge < -0.3 is 9.84 Å². The number of aromatic nitrogens is 1. The molecule has 4 nitrogen and oxygen atoms in total. The van der Waals surface area contributed by atoms with Crippen molar-refractivity contribution >= 4 is 5.91 Å². The van der Waals surface area contributed by atoms with Gasteiger partial charge in [0, 0.05) is 18.4 Å². The number of amides is 1. The van der Waals surface area contributed by atoms with Gasteiger partial charge in [0.15, 0.2) is 5.76 Å². The molecule has 0 bridgehead atoms. The van der Waals surface area contributed by atoms with Crippen LogP contribution >= 0.6 is 0 Å². The van der Waals surface area contributed by atoms with Gasteiger partial charge in [-0.25, -0.2) is 4.39 Å². The molecular formula is C19H17FN2O2. The van der Waals surface area contributed by atoms with E-state index in [-0.39, 0.29) is 24.1 Å². The molecule has 24 heavy (non-hydrogen) atoms. The fraction of sp³-hybridized carbons (Fsp3) is 0.158. The summed E-state index contributed by atoms with van der Waals surface area (Å²) in [6, 6.07) is 17.7. The van der Waals surface area contributed by atoms with Crippen LogP contribution in [0, 0.1) is 5.82 Å². The maximum atomic E-state index is 13.2. The number of hydrogen-bond acceptors (Lipinski definition) is 3. The summed E-state index contributed by atoms with van der Waals surface area (Å²) in [5, 5.41) is 6.42. The Morgan fingerprint density at radius 1 is 1.04 bits per heavy atom. The molecule has 0 aliphatic heterocycles. The van der Waals surface area contributed by atoms with Gasteiger partial charge in [-0.05, 0) is 23.3 Å². The average molecular weight is 324 g/mol. The van der Waals surface area contributed by atoms with E-state index in [9.17, 15) is 9.18 Å². The second kappa shape index (κ2) is 7.55. The molecule has 1 atom stereocenters. The number of halogens is 1. The molecule has 3 rings (SSSR count). The zero-order valence-corrected chi connectivity index (χ0v) is 13.0. The molecule has 2 aromatic carbocycles. The van der Waals surface area contributed by atoms with Crippen LogP contribution in [0.5, 0.6) is 0 Å². The van der Waals surface area contributed by atoms with Gasteiger partial charge >= 0.3 is 0 Å². The lowest BCUT2D eigenvalue weighted by molar-refractivity contribution is -0.121. The Hall–Kier alpha value is -2.95. The monoisotopic (exact) mass is 324 g/mol. The zero-order valence-electron chi connectivity index (χ0n) is 13.0. The van der Waals surface area contributed by atoms with Crippen LogP contribution in [0.4, 0.5) is 4.39 Å². The van der Waals surface area contributed by atoms with Crippen LogP contribution in [0.2, 0.25) is 0 Å². The minimum absolute atomic E-state index is 0.107. The molecule has 122 valence electrons. The van der Waals surface area contributed by atoms with E-state index < -0.39 is 0 Å². The molecule has 3 aromatic rings. The van der Waals surface area contributed by atoms with Gasteiger partial charge in [0.25, 0.3) is 0 Å². The Morgan fingerprint density at radius 2 is 1.75 bits per heavy atom. The molecule has 0 spiro atoms. The fourth-order valence-corrected chi connectivity index (χ4v) is 2.59. The highest BCUT2D eigenvalue weighted by Crippen LogP contribution is 2.28. The first-order valence-electron chi connectivity index (χ1n) is 7.69. The molecule has 0 radical (unpaired) electrons.